The highest BCUT2D eigenvalue weighted by molar-refractivity contribution is 5.76. The Morgan fingerprint density at radius 1 is 1.00 bits per heavy atom. The van der Waals surface area contributed by atoms with E-state index < -0.39 is 18.0 Å². The van der Waals surface area contributed by atoms with Gasteiger partial charge in [0.05, 0.1) is 6.61 Å². The summed E-state index contributed by atoms with van der Waals surface area (Å²) in [5, 5.41) is 9.74. The molecule has 0 fully saturated rings. The molecule has 25 heavy (non-hydrogen) atoms. The molecule has 1 N–H and O–H groups in total. The van der Waals surface area contributed by atoms with Crippen LogP contribution in [0.2, 0.25) is 0 Å². The Bertz CT molecular complexity index is 486. The number of esters is 2. The topological polar surface area (TPSA) is 72.8 Å². The van der Waals surface area contributed by atoms with Crippen molar-refractivity contribution in [3.8, 4) is 0 Å². The molecule has 0 amide bonds. The summed E-state index contributed by atoms with van der Waals surface area (Å²) >= 11 is 0. The zero-order valence-electron chi connectivity index (χ0n) is 15.1. The summed E-state index contributed by atoms with van der Waals surface area (Å²) in [6.45, 7) is 2.68. The monoisotopic (exact) mass is 350 g/mol. The molecule has 1 aromatic rings. The average molecular weight is 350 g/mol. The summed E-state index contributed by atoms with van der Waals surface area (Å²) in [6, 6.07) is 9.35. The van der Waals surface area contributed by atoms with Crippen LogP contribution in [-0.2, 0) is 25.7 Å². The summed E-state index contributed by atoms with van der Waals surface area (Å²) in [5.41, 5.74) is 0.898. The molecule has 0 spiro atoms. The van der Waals surface area contributed by atoms with Gasteiger partial charge in [0.2, 0.25) is 0 Å². The lowest BCUT2D eigenvalue weighted by atomic mass is 10.1. The molecular formula is C20H30O5. The highest BCUT2D eigenvalue weighted by atomic mass is 16.5. The van der Waals surface area contributed by atoms with Crippen LogP contribution < -0.4 is 0 Å². The van der Waals surface area contributed by atoms with E-state index in [9.17, 15) is 14.7 Å². The lowest BCUT2D eigenvalue weighted by Crippen LogP contribution is -2.24. The Kier molecular flexibility index (Phi) is 11.4. The molecule has 140 valence electrons. The van der Waals surface area contributed by atoms with Gasteiger partial charge in [0.1, 0.15) is 6.61 Å². The van der Waals surface area contributed by atoms with Crippen molar-refractivity contribution in [2.24, 2.45) is 0 Å². The molecule has 0 saturated carbocycles. The molecule has 0 radical (unpaired) electrons. The number of benzene rings is 1. The van der Waals surface area contributed by atoms with Crippen LogP contribution in [0.25, 0.3) is 0 Å². The zero-order chi connectivity index (χ0) is 18.3. The fourth-order valence-electron chi connectivity index (χ4n) is 2.33. The molecule has 0 aliphatic heterocycles. The predicted octanol–water partition coefficient (Wildman–Crippen LogP) is 3.77. The van der Waals surface area contributed by atoms with Gasteiger partial charge >= 0.3 is 11.9 Å². The van der Waals surface area contributed by atoms with Crippen LogP contribution in [0.5, 0.6) is 0 Å². The largest absolute Gasteiger partial charge is 0.464 e. The first-order valence-electron chi connectivity index (χ1n) is 9.17. The number of hydrogen-bond donors (Lipinski definition) is 1. The number of unbranched alkanes of at least 4 members (excludes halogenated alkanes) is 5. The van der Waals surface area contributed by atoms with Crippen LogP contribution in [0.15, 0.2) is 30.3 Å². The molecule has 0 aliphatic rings. The number of ether oxygens (including phenoxy) is 2. The number of aliphatic hydroxyl groups excluding tert-OH is 1. The van der Waals surface area contributed by atoms with Gasteiger partial charge < -0.3 is 14.6 Å². The molecule has 1 atom stereocenters. The quantitative estimate of drug-likeness (QED) is 0.433. The number of carbonyl (C=O) groups excluding carboxylic acids is 2. The molecule has 1 rings (SSSR count). The van der Waals surface area contributed by atoms with Crippen LogP contribution in [-0.4, -0.2) is 29.8 Å². The van der Waals surface area contributed by atoms with E-state index in [2.05, 4.69) is 6.92 Å². The predicted molar refractivity (Wildman–Crippen MR) is 95.8 cm³/mol. The normalized spacial score (nSPS) is 11.8. The van der Waals surface area contributed by atoms with Gasteiger partial charge in [-0.25, -0.2) is 4.79 Å². The van der Waals surface area contributed by atoms with E-state index in [0.717, 1.165) is 24.8 Å². The molecule has 0 aliphatic carbocycles. The summed E-state index contributed by atoms with van der Waals surface area (Å²) in [5.74, 6) is -1.10. The number of carbonyl (C=O) groups is 2. The van der Waals surface area contributed by atoms with Gasteiger partial charge in [-0.15, -0.1) is 0 Å². The second-order valence-corrected chi connectivity index (χ2v) is 6.14. The molecule has 5 heteroatoms. The van der Waals surface area contributed by atoms with Gasteiger partial charge in [-0.1, -0.05) is 69.4 Å². The summed E-state index contributed by atoms with van der Waals surface area (Å²) in [4.78, 5) is 23.3. The number of hydrogen-bond acceptors (Lipinski definition) is 5. The van der Waals surface area contributed by atoms with E-state index in [-0.39, 0.29) is 19.4 Å². The third-order valence-electron chi connectivity index (χ3n) is 3.88. The highest BCUT2D eigenvalue weighted by Gasteiger charge is 2.18. The molecule has 0 heterocycles. The third-order valence-corrected chi connectivity index (χ3v) is 3.88. The molecule has 0 saturated heterocycles. The molecule has 1 aromatic carbocycles. The lowest BCUT2D eigenvalue weighted by molar-refractivity contribution is -0.155. The van der Waals surface area contributed by atoms with Crippen molar-refractivity contribution in [2.75, 3.05) is 6.61 Å². The van der Waals surface area contributed by atoms with Crippen LogP contribution in [0, 0.1) is 0 Å². The molecule has 0 bridgehead atoms. The van der Waals surface area contributed by atoms with Crippen molar-refractivity contribution < 1.29 is 24.2 Å². The summed E-state index contributed by atoms with van der Waals surface area (Å²) in [6.07, 6.45) is 5.34. The van der Waals surface area contributed by atoms with Crippen molar-refractivity contribution in [3.63, 3.8) is 0 Å². The molecular weight excluding hydrogens is 320 g/mol. The number of rotatable bonds is 13. The van der Waals surface area contributed by atoms with Gasteiger partial charge in [-0.05, 0) is 18.4 Å². The Hall–Kier alpha value is -1.88. The van der Waals surface area contributed by atoms with E-state index in [4.69, 9.17) is 9.47 Å². The first-order chi connectivity index (χ1) is 12.1. The first-order valence-corrected chi connectivity index (χ1v) is 9.17. The van der Waals surface area contributed by atoms with Gasteiger partial charge in [-0.2, -0.15) is 0 Å². The van der Waals surface area contributed by atoms with Gasteiger partial charge in [0.15, 0.2) is 6.10 Å². The maximum Gasteiger partial charge on any atom is 0.334 e. The van der Waals surface area contributed by atoms with Gasteiger partial charge in [0, 0.05) is 6.42 Å². The Morgan fingerprint density at radius 3 is 2.40 bits per heavy atom. The summed E-state index contributed by atoms with van der Waals surface area (Å²) in [7, 11) is 0. The highest BCUT2D eigenvalue weighted by Crippen LogP contribution is 2.07. The van der Waals surface area contributed by atoms with Crippen LogP contribution in [0.3, 0.4) is 0 Å². The minimum absolute atomic E-state index is 0.0138. The van der Waals surface area contributed by atoms with Crippen molar-refractivity contribution in [1.82, 2.24) is 0 Å². The van der Waals surface area contributed by atoms with Crippen molar-refractivity contribution >= 4 is 11.9 Å². The van der Waals surface area contributed by atoms with E-state index in [1.807, 2.05) is 30.3 Å². The van der Waals surface area contributed by atoms with Crippen LogP contribution >= 0.6 is 0 Å². The van der Waals surface area contributed by atoms with E-state index in [1.54, 1.807) is 0 Å². The van der Waals surface area contributed by atoms with E-state index >= 15 is 0 Å². The first kappa shape index (κ1) is 21.2. The second-order valence-electron chi connectivity index (χ2n) is 6.14. The van der Waals surface area contributed by atoms with Gasteiger partial charge in [0.25, 0.3) is 0 Å². The fourth-order valence-corrected chi connectivity index (χ4v) is 2.33. The van der Waals surface area contributed by atoms with Crippen LogP contribution in [0.1, 0.15) is 63.9 Å². The average Bonchev–Trinajstić information content (AvgIpc) is 2.64. The Labute approximate surface area is 150 Å². The van der Waals surface area contributed by atoms with Crippen LogP contribution in [0.4, 0.5) is 0 Å². The maximum atomic E-state index is 11.6. The second kappa shape index (κ2) is 13.4. The third kappa shape index (κ3) is 10.6. The molecule has 5 nitrogen and oxygen atoms in total. The SMILES string of the molecule is CCCCCCCCOC(=O)[C@H](O)CCC(=O)OCc1ccccc1. The lowest BCUT2D eigenvalue weighted by Gasteiger charge is -2.10. The fraction of sp³-hybridized carbons (Fsp3) is 0.600. The maximum absolute atomic E-state index is 11.6. The van der Waals surface area contributed by atoms with Crippen molar-refractivity contribution in [3.05, 3.63) is 35.9 Å². The molecule has 0 aromatic heterocycles. The van der Waals surface area contributed by atoms with Crippen molar-refractivity contribution in [2.45, 2.75) is 71.0 Å². The van der Waals surface area contributed by atoms with E-state index in [1.165, 1.54) is 19.3 Å². The smallest absolute Gasteiger partial charge is 0.334 e. The number of aliphatic hydroxyl groups is 1. The molecule has 0 unspecified atom stereocenters. The standard InChI is InChI=1S/C20H30O5/c1-2-3-4-5-6-10-15-24-20(23)18(21)13-14-19(22)25-16-17-11-8-7-9-12-17/h7-9,11-12,18,21H,2-6,10,13-16H2,1H3/t18-/m1/s1. The Balaban J connectivity index is 2.06. The van der Waals surface area contributed by atoms with Crippen molar-refractivity contribution in [1.29, 1.82) is 0 Å². The van der Waals surface area contributed by atoms with E-state index in [0.29, 0.717) is 6.61 Å². The Morgan fingerprint density at radius 2 is 1.68 bits per heavy atom. The minimum atomic E-state index is -1.27. The zero-order valence-corrected chi connectivity index (χ0v) is 15.1. The minimum Gasteiger partial charge on any atom is -0.464 e. The summed E-state index contributed by atoms with van der Waals surface area (Å²) < 4.78 is 10.1. The van der Waals surface area contributed by atoms with Gasteiger partial charge in [-0.3, -0.25) is 4.79 Å².